The molecule has 36 heavy (non-hydrogen) atoms. The number of imidazole rings is 1. The molecule has 1 amide bonds. The number of rotatable bonds is 4. The number of carbonyl (C=O) groups is 1. The highest BCUT2D eigenvalue weighted by Gasteiger charge is 2.47. The zero-order valence-electron chi connectivity index (χ0n) is 19.1. The second-order valence-corrected chi connectivity index (χ2v) is 9.26. The summed E-state index contributed by atoms with van der Waals surface area (Å²) in [7, 11) is 0. The molecule has 9 nitrogen and oxygen atoms in total. The number of hydrogen-bond acceptors (Lipinski definition) is 7. The number of phenols is 1. The van der Waals surface area contributed by atoms with Gasteiger partial charge in [-0.15, -0.1) is 0 Å². The van der Waals surface area contributed by atoms with Gasteiger partial charge in [-0.3, -0.25) is 4.79 Å². The van der Waals surface area contributed by atoms with E-state index in [1.807, 2.05) is 34.9 Å². The molecule has 0 saturated carbocycles. The number of anilines is 2. The Labute approximate surface area is 210 Å². The summed E-state index contributed by atoms with van der Waals surface area (Å²) in [6.07, 6.45) is 5.83. The van der Waals surface area contributed by atoms with E-state index in [9.17, 15) is 9.90 Å². The number of hydrogen-bond donors (Lipinski definition) is 3. The van der Waals surface area contributed by atoms with Crippen LogP contribution in [0.4, 0.5) is 11.6 Å². The highest BCUT2D eigenvalue weighted by Crippen LogP contribution is 2.45. The van der Waals surface area contributed by atoms with Crippen molar-refractivity contribution < 1.29 is 9.90 Å². The van der Waals surface area contributed by atoms with E-state index >= 15 is 0 Å². The summed E-state index contributed by atoms with van der Waals surface area (Å²) in [5, 5.41) is 13.5. The second kappa shape index (κ2) is 8.03. The van der Waals surface area contributed by atoms with Crippen LogP contribution in [0.15, 0.2) is 67.1 Å². The second-order valence-electron chi connectivity index (χ2n) is 8.82. The third-order valence-electron chi connectivity index (χ3n) is 6.50. The Morgan fingerprint density at radius 1 is 1.14 bits per heavy atom. The topological polar surface area (TPSA) is 131 Å². The van der Waals surface area contributed by atoms with Crippen LogP contribution in [0.1, 0.15) is 29.3 Å². The Balaban J connectivity index is 1.46. The van der Waals surface area contributed by atoms with Crippen molar-refractivity contribution >= 4 is 34.8 Å². The van der Waals surface area contributed by atoms with Gasteiger partial charge in [0.1, 0.15) is 28.5 Å². The average molecular weight is 498 g/mol. The number of nitrogens with one attached hydrogen (secondary N) is 1. The van der Waals surface area contributed by atoms with E-state index in [0.29, 0.717) is 39.7 Å². The van der Waals surface area contributed by atoms with Crippen LogP contribution in [0.3, 0.4) is 0 Å². The SMILES string of the molecule is CC1(c2cccc(O)c2)C(=O)Nc2nc(-c3cn4ccnc4c(Cc4ccc(Cl)cc4)n3)nc(N)c21. The first-order valence-corrected chi connectivity index (χ1v) is 11.6. The summed E-state index contributed by atoms with van der Waals surface area (Å²) in [5.74, 6) is 0.505. The van der Waals surface area contributed by atoms with Crippen molar-refractivity contribution in [3.63, 3.8) is 0 Å². The van der Waals surface area contributed by atoms with Crippen LogP contribution in [0.5, 0.6) is 5.75 Å². The molecule has 178 valence electrons. The minimum absolute atomic E-state index is 0.0529. The zero-order chi connectivity index (χ0) is 25.0. The summed E-state index contributed by atoms with van der Waals surface area (Å²) in [6, 6.07) is 14.1. The Bertz CT molecular complexity index is 1670. The van der Waals surface area contributed by atoms with Gasteiger partial charge in [0.15, 0.2) is 11.5 Å². The van der Waals surface area contributed by atoms with Gasteiger partial charge in [0.25, 0.3) is 0 Å². The van der Waals surface area contributed by atoms with Crippen molar-refractivity contribution in [1.82, 2.24) is 24.3 Å². The maximum atomic E-state index is 13.1. The maximum absolute atomic E-state index is 13.1. The predicted molar refractivity (Wildman–Crippen MR) is 136 cm³/mol. The zero-order valence-corrected chi connectivity index (χ0v) is 19.9. The van der Waals surface area contributed by atoms with Gasteiger partial charge < -0.3 is 20.6 Å². The Morgan fingerprint density at radius 2 is 1.94 bits per heavy atom. The van der Waals surface area contributed by atoms with E-state index in [1.165, 1.54) is 0 Å². The van der Waals surface area contributed by atoms with Crippen LogP contribution in [0, 0.1) is 0 Å². The molecule has 1 unspecified atom stereocenters. The van der Waals surface area contributed by atoms with E-state index in [2.05, 4.69) is 20.3 Å². The van der Waals surface area contributed by atoms with Gasteiger partial charge in [-0.2, -0.15) is 0 Å². The highest BCUT2D eigenvalue weighted by molar-refractivity contribution is 6.30. The highest BCUT2D eigenvalue weighted by atomic mass is 35.5. The number of amides is 1. The number of aromatic hydroxyl groups is 1. The molecule has 0 radical (unpaired) electrons. The third kappa shape index (κ3) is 3.44. The van der Waals surface area contributed by atoms with Gasteiger partial charge in [0.2, 0.25) is 5.91 Å². The standard InChI is InChI=1S/C26H20ClN7O2/c1-26(15-3-2-4-17(35)12-15)20-21(28)31-22(32-23(20)33-25(26)36)19-13-34-10-9-29-24(34)18(30-19)11-14-5-7-16(27)8-6-14/h2-10,12-13,35H,11H2,1H3,(H3,28,31,32,33,36). The molecule has 0 fully saturated rings. The molecular weight excluding hydrogens is 478 g/mol. The number of nitrogen functional groups attached to an aromatic ring is 1. The van der Waals surface area contributed by atoms with Gasteiger partial charge in [0, 0.05) is 30.0 Å². The van der Waals surface area contributed by atoms with Gasteiger partial charge in [-0.1, -0.05) is 35.9 Å². The van der Waals surface area contributed by atoms with Crippen LogP contribution in [0.2, 0.25) is 5.02 Å². The lowest BCUT2D eigenvalue weighted by Gasteiger charge is -2.23. The average Bonchev–Trinajstić information content (AvgIpc) is 3.43. The molecule has 0 aliphatic carbocycles. The van der Waals surface area contributed by atoms with Gasteiger partial charge in [0.05, 0.1) is 11.3 Å². The fourth-order valence-corrected chi connectivity index (χ4v) is 4.76. The third-order valence-corrected chi connectivity index (χ3v) is 6.76. The van der Waals surface area contributed by atoms with Crippen LogP contribution >= 0.6 is 11.6 Å². The Kier molecular flexibility index (Phi) is 4.90. The molecule has 0 saturated heterocycles. The van der Waals surface area contributed by atoms with Crippen LogP contribution < -0.4 is 11.1 Å². The number of nitrogens with two attached hydrogens (primary N) is 1. The van der Waals surface area contributed by atoms with E-state index < -0.39 is 5.41 Å². The number of aromatic nitrogens is 5. The molecule has 3 aromatic heterocycles. The van der Waals surface area contributed by atoms with Crippen molar-refractivity contribution in [2.75, 3.05) is 11.1 Å². The molecule has 1 aliphatic rings. The predicted octanol–water partition coefficient (Wildman–Crippen LogP) is 3.98. The number of fused-ring (bicyclic) bond motifs is 2. The molecule has 0 bridgehead atoms. The summed E-state index contributed by atoms with van der Waals surface area (Å²) in [4.78, 5) is 31.6. The minimum atomic E-state index is -1.15. The van der Waals surface area contributed by atoms with Gasteiger partial charge >= 0.3 is 0 Å². The van der Waals surface area contributed by atoms with Crippen molar-refractivity contribution in [3.05, 3.63) is 94.5 Å². The lowest BCUT2D eigenvalue weighted by Crippen LogP contribution is -2.32. The number of nitrogens with zero attached hydrogens (tertiary/aromatic N) is 5. The fraction of sp³-hybridized carbons (Fsp3) is 0.115. The van der Waals surface area contributed by atoms with Crippen molar-refractivity contribution in [2.24, 2.45) is 0 Å². The molecule has 1 aliphatic heterocycles. The Hall–Kier alpha value is -4.50. The molecular formula is C26H20ClN7O2. The van der Waals surface area contributed by atoms with E-state index in [0.717, 1.165) is 11.3 Å². The van der Waals surface area contributed by atoms with Gasteiger partial charge in [-0.05, 0) is 42.3 Å². The molecule has 4 N–H and O–H groups in total. The van der Waals surface area contributed by atoms with Crippen LogP contribution in [-0.4, -0.2) is 35.4 Å². The number of benzene rings is 2. The largest absolute Gasteiger partial charge is 0.508 e. The summed E-state index contributed by atoms with van der Waals surface area (Å²) >= 11 is 6.03. The number of phenolic OH excluding ortho intramolecular Hbond substituents is 1. The maximum Gasteiger partial charge on any atom is 0.240 e. The van der Waals surface area contributed by atoms with Crippen molar-refractivity contribution in [1.29, 1.82) is 0 Å². The van der Waals surface area contributed by atoms with Crippen LogP contribution in [0.25, 0.3) is 17.2 Å². The van der Waals surface area contributed by atoms with Gasteiger partial charge in [-0.25, -0.2) is 19.9 Å². The van der Waals surface area contributed by atoms with E-state index in [1.54, 1.807) is 43.6 Å². The quantitative estimate of drug-likeness (QED) is 0.342. The molecule has 10 heteroatoms. The lowest BCUT2D eigenvalue weighted by atomic mass is 9.77. The first-order valence-electron chi connectivity index (χ1n) is 11.2. The lowest BCUT2D eigenvalue weighted by molar-refractivity contribution is -0.119. The minimum Gasteiger partial charge on any atom is -0.508 e. The Morgan fingerprint density at radius 3 is 2.72 bits per heavy atom. The normalized spacial score (nSPS) is 16.8. The molecule has 4 heterocycles. The fourth-order valence-electron chi connectivity index (χ4n) is 4.63. The van der Waals surface area contributed by atoms with Crippen molar-refractivity contribution in [2.45, 2.75) is 18.8 Å². The van der Waals surface area contributed by atoms with Crippen LogP contribution in [-0.2, 0) is 16.6 Å². The number of carbonyl (C=O) groups excluding carboxylic acids is 1. The molecule has 5 aromatic rings. The first-order chi connectivity index (χ1) is 17.3. The van der Waals surface area contributed by atoms with E-state index in [-0.39, 0.29) is 23.3 Å². The summed E-state index contributed by atoms with van der Waals surface area (Å²) < 4.78 is 1.86. The molecule has 2 aromatic carbocycles. The smallest absolute Gasteiger partial charge is 0.240 e. The number of halogens is 1. The van der Waals surface area contributed by atoms with Crippen molar-refractivity contribution in [3.8, 4) is 17.3 Å². The van der Waals surface area contributed by atoms with E-state index in [4.69, 9.17) is 22.3 Å². The molecule has 6 rings (SSSR count). The molecule has 1 atom stereocenters. The monoisotopic (exact) mass is 497 g/mol. The molecule has 0 spiro atoms. The summed E-state index contributed by atoms with van der Waals surface area (Å²) in [6.45, 7) is 1.74. The first kappa shape index (κ1) is 22.0. The summed E-state index contributed by atoms with van der Waals surface area (Å²) in [5.41, 5.74) is 9.28.